The van der Waals surface area contributed by atoms with Crippen molar-refractivity contribution in [1.82, 2.24) is 19.7 Å². The molecule has 2 fully saturated rings. The summed E-state index contributed by atoms with van der Waals surface area (Å²) in [6, 6.07) is 7.92. The third kappa shape index (κ3) is 4.58. The van der Waals surface area contributed by atoms with E-state index in [2.05, 4.69) is 26.6 Å². The van der Waals surface area contributed by atoms with Gasteiger partial charge in [0.25, 0.3) is 0 Å². The second-order valence-electron chi connectivity index (χ2n) is 8.21. The van der Waals surface area contributed by atoms with Crippen molar-refractivity contribution in [3.63, 3.8) is 0 Å². The molecule has 1 amide bonds. The summed E-state index contributed by atoms with van der Waals surface area (Å²) < 4.78 is 7.68. The highest BCUT2D eigenvalue weighted by atomic mass is 32.2. The lowest BCUT2D eigenvalue weighted by molar-refractivity contribution is -0.130. The van der Waals surface area contributed by atoms with Gasteiger partial charge in [-0.05, 0) is 50.2 Å². The monoisotopic (exact) mass is 429 g/mol. The van der Waals surface area contributed by atoms with Crippen LogP contribution in [0.2, 0.25) is 0 Å². The van der Waals surface area contributed by atoms with Crippen LogP contribution in [-0.4, -0.2) is 64.6 Å². The van der Waals surface area contributed by atoms with Crippen LogP contribution in [0, 0.1) is 5.92 Å². The molecule has 30 heavy (non-hydrogen) atoms. The molecule has 0 aliphatic carbocycles. The van der Waals surface area contributed by atoms with Crippen LogP contribution >= 0.6 is 11.8 Å². The Morgan fingerprint density at radius 2 is 1.93 bits per heavy atom. The summed E-state index contributed by atoms with van der Waals surface area (Å²) >= 11 is 1.46. The SMILES string of the molecule is COc1ccccc1-n1c(SCC(=O)N2CCCC(C)C2)nnc1N1CCCCC1. The Morgan fingerprint density at radius 3 is 2.70 bits per heavy atom. The summed E-state index contributed by atoms with van der Waals surface area (Å²) in [7, 11) is 1.68. The molecule has 1 unspecified atom stereocenters. The molecule has 4 rings (SSSR count). The minimum absolute atomic E-state index is 0.181. The van der Waals surface area contributed by atoms with Crippen LogP contribution in [0.15, 0.2) is 29.4 Å². The van der Waals surface area contributed by atoms with E-state index in [0.29, 0.717) is 11.7 Å². The van der Waals surface area contributed by atoms with Gasteiger partial charge in [0, 0.05) is 26.2 Å². The minimum Gasteiger partial charge on any atom is -0.495 e. The van der Waals surface area contributed by atoms with E-state index in [9.17, 15) is 4.79 Å². The molecule has 0 N–H and O–H groups in total. The molecular formula is C22H31N5O2S. The quantitative estimate of drug-likeness (QED) is 0.654. The summed E-state index contributed by atoms with van der Waals surface area (Å²) in [5.74, 6) is 2.74. The molecule has 0 spiro atoms. The molecule has 162 valence electrons. The average Bonchev–Trinajstić information content (AvgIpc) is 3.21. The second-order valence-corrected chi connectivity index (χ2v) is 9.16. The van der Waals surface area contributed by atoms with Crippen molar-refractivity contribution in [2.75, 3.05) is 43.9 Å². The number of likely N-dealkylation sites (tertiary alicyclic amines) is 1. The van der Waals surface area contributed by atoms with E-state index >= 15 is 0 Å². The van der Waals surface area contributed by atoms with Gasteiger partial charge in [-0.2, -0.15) is 0 Å². The van der Waals surface area contributed by atoms with Gasteiger partial charge in [0.2, 0.25) is 11.9 Å². The fraction of sp³-hybridized carbons (Fsp3) is 0.591. The van der Waals surface area contributed by atoms with E-state index in [1.54, 1.807) is 7.11 Å². The van der Waals surface area contributed by atoms with Crippen LogP contribution < -0.4 is 9.64 Å². The zero-order chi connectivity index (χ0) is 20.9. The van der Waals surface area contributed by atoms with Crippen LogP contribution in [0.1, 0.15) is 39.0 Å². The van der Waals surface area contributed by atoms with Crippen LogP contribution in [0.4, 0.5) is 5.95 Å². The molecule has 8 heteroatoms. The number of piperidine rings is 2. The highest BCUT2D eigenvalue weighted by Gasteiger charge is 2.25. The van der Waals surface area contributed by atoms with E-state index in [4.69, 9.17) is 4.74 Å². The Balaban J connectivity index is 1.59. The van der Waals surface area contributed by atoms with Crippen molar-refractivity contribution in [1.29, 1.82) is 0 Å². The summed E-state index contributed by atoms with van der Waals surface area (Å²) in [5, 5.41) is 9.75. The molecule has 0 saturated carbocycles. The number of carbonyl (C=O) groups excluding carboxylic acids is 1. The smallest absolute Gasteiger partial charge is 0.233 e. The van der Waals surface area contributed by atoms with Crippen molar-refractivity contribution >= 4 is 23.6 Å². The Hall–Kier alpha value is -2.22. The first-order chi connectivity index (χ1) is 14.7. The average molecular weight is 430 g/mol. The number of thioether (sulfide) groups is 1. The lowest BCUT2D eigenvalue weighted by Crippen LogP contribution is -2.40. The fourth-order valence-corrected chi connectivity index (χ4v) is 5.16. The predicted octanol–water partition coefficient (Wildman–Crippen LogP) is 3.62. The first-order valence-electron chi connectivity index (χ1n) is 10.9. The van der Waals surface area contributed by atoms with Crippen molar-refractivity contribution in [2.24, 2.45) is 5.92 Å². The number of anilines is 1. The van der Waals surface area contributed by atoms with Gasteiger partial charge in [-0.15, -0.1) is 10.2 Å². The minimum atomic E-state index is 0.181. The number of hydrogen-bond donors (Lipinski definition) is 0. The first kappa shape index (κ1) is 21.0. The normalized spacial score (nSPS) is 19.7. The Kier molecular flexibility index (Phi) is 6.82. The lowest BCUT2D eigenvalue weighted by atomic mass is 10.0. The van der Waals surface area contributed by atoms with E-state index in [-0.39, 0.29) is 5.91 Å². The Labute approximate surface area is 182 Å². The molecule has 2 aliphatic heterocycles. The lowest BCUT2D eigenvalue weighted by Gasteiger charge is -2.31. The zero-order valence-electron chi connectivity index (χ0n) is 17.9. The van der Waals surface area contributed by atoms with E-state index in [0.717, 1.165) is 68.0 Å². The maximum Gasteiger partial charge on any atom is 0.233 e. The molecule has 1 aromatic heterocycles. The standard InChI is InChI=1S/C22H31N5O2S/c1-17-9-8-14-26(15-17)20(28)16-30-22-24-23-21(25-12-6-3-7-13-25)27(22)18-10-4-5-11-19(18)29-2/h4-5,10-11,17H,3,6-9,12-16H2,1-2H3. The largest absolute Gasteiger partial charge is 0.495 e. The molecule has 3 heterocycles. The maximum absolute atomic E-state index is 12.8. The van der Waals surface area contributed by atoms with Gasteiger partial charge < -0.3 is 14.5 Å². The maximum atomic E-state index is 12.8. The number of methoxy groups -OCH3 is 1. The molecular weight excluding hydrogens is 398 g/mol. The fourth-order valence-electron chi connectivity index (χ4n) is 4.31. The Bertz CT molecular complexity index is 865. The third-order valence-corrected chi connectivity index (χ3v) is 6.83. The van der Waals surface area contributed by atoms with Gasteiger partial charge in [0.15, 0.2) is 5.16 Å². The molecule has 1 aromatic carbocycles. The summed E-state index contributed by atoms with van der Waals surface area (Å²) in [5.41, 5.74) is 0.909. The van der Waals surface area contributed by atoms with E-state index in [1.165, 1.54) is 24.6 Å². The first-order valence-corrected chi connectivity index (χ1v) is 11.9. The van der Waals surface area contributed by atoms with Crippen LogP contribution in [-0.2, 0) is 4.79 Å². The molecule has 1 atom stereocenters. The number of carbonyl (C=O) groups is 1. The molecule has 2 aliphatic rings. The van der Waals surface area contributed by atoms with Crippen molar-refractivity contribution in [3.05, 3.63) is 24.3 Å². The molecule has 2 saturated heterocycles. The summed E-state index contributed by atoms with van der Waals surface area (Å²) in [6.07, 6.45) is 5.87. The molecule has 7 nitrogen and oxygen atoms in total. The highest BCUT2D eigenvalue weighted by Crippen LogP contribution is 2.33. The van der Waals surface area contributed by atoms with Crippen molar-refractivity contribution in [2.45, 2.75) is 44.2 Å². The topological polar surface area (TPSA) is 63.5 Å². The van der Waals surface area contributed by atoms with Gasteiger partial charge >= 0.3 is 0 Å². The van der Waals surface area contributed by atoms with Gasteiger partial charge in [0.1, 0.15) is 5.75 Å². The summed E-state index contributed by atoms with van der Waals surface area (Å²) in [6.45, 7) is 5.89. The highest BCUT2D eigenvalue weighted by molar-refractivity contribution is 7.99. The third-order valence-electron chi connectivity index (χ3n) is 5.92. The number of amides is 1. The van der Waals surface area contributed by atoms with Gasteiger partial charge in [-0.25, -0.2) is 0 Å². The summed E-state index contributed by atoms with van der Waals surface area (Å²) in [4.78, 5) is 17.1. The van der Waals surface area contributed by atoms with Crippen LogP contribution in [0.3, 0.4) is 0 Å². The van der Waals surface area contributed by atoms with E-state index in [1.807, 2.05) is 29.2 Å². The number of rotatable bonds is 6. The number of benzene rings is 1. The molecule has 2 aromatic rings. The molecule has 0 bridgehead atoms. The Morgan fingerprint density at radius 1 is 1.13 bits per heavy atom. The van der Waals surface area contributed by atoms with E-state index < -0.39 is 0 Å². The van der Waals surface area contributed by atoms with Gasteiger partial charge in [0.05, 0.1) is 18.6 Å². The number of nitrogens with zero attached hydrogens (tertiary/aromatic N) is 5. The molecule has 0 radical (unpaired) electrons. The van der Waals surface area contributed by atoms with Crippen molar-refractivity contribution < 1.29 is 9.53 Å². The van der Waals surface area contributed by atoms with Gasteiger partial charge in [-0.1, -0.05) is 30.8 Å². The van der Waals surface area contributed by atoms with Gasteiger partial charge in [-0.3, -0.25) is 9.36 Å². The number of para-hydroxylation sites is 2. The second kappa shape index (κ2) is 9.73. The number of ether oxygens (including phenoxy) is 1. The number of hydrogen-bond acceptors (Lipinski definition) is 6. The van der Waals surface area contributed by atoms with Crippen LogP contribution in [0.25, 0.3) is 5.69 Å². The van der Waals surface area contributed by atoms with Crippen LogP contribution in [0.5, 0.6) is 5.75 Å². The van der Waals surface area contributed by atoms with Crippen molar-refractivity contribution in [3.8, 4) is 11.4 Å². The number of aromatic nitrogens is 3. The zero-order valence-corrected chi connectivity index (χ0v) is 18.7. The predicted molar refractivity (Wildman–Crippen MR) is 120 cm³/mol.